The predicted molar refractivity (Wildman–Crippen MR) is 79.6 cm³/mol. The summed E-state index contributed by atoms with van der Waals surface area (Å²) >= 11 is 6.00. The van der Waals surface area contributed by atoms with Crippen LogP contribution in [0.25, 0.3) is 0 Å². The zero-order chi connectivity index (χ0) is 15.5. The summed E-state index contributed by atoms with van der Waals surface area (Å²) in [6.07, 6.45) is -3.65. The van der Waals surface area contributed by atoms with Gasteiger partial charge in [-0.25, -0.2) is 0 Å². The maximum Gasteiger partial charge on any atom is 0.416 e. The lowest BCUT2D eigenvalue weighted by Crippen LogP contribution is -2.11. The molecule has 0 aliphatic heterocycles. The minimum atomic E-state index is -4.38. The Bertz CT molecular complexity index is 596. The average Bonchev–Trinajstić information content (AvgIpc) is 2.46. The van der Waals surface area contributed by atoms with Gasteiger partial charge >= 0.3 is 6.18 Å². The largest absolute Gasteiger partial charge is 0.416 e. The quantitative estimate of drug-likeness (QED) is 0.738. The van der Waals surface area contributed by atoms with Gasteiger partial charge in [0.1, 0.15) is 0 Å². The molecule has 1 atom stereocenters. The summed E-state index contributed by atoms with van der Waals surface area (Å²) in [6.45, 7) is 1.96. The van der Waals surface area contributed by atoms with E-state index < -0.39 is 11.7 Å². The molecule has 21 heavy (non-hydrogen) atoms. The van der Waals surface area contributed by atoms with E-state index in [4.69, 9.17) is 11.6 Å². The van der Waals surface area contributed by atoms with Gasteiger partial charge in [0.15, 0.2) is 0 Å². The molecule has 0 radical (unpaired) electrons. The fourth-order valence-corrected chi connectivity index (χ4v) is 2.28. The van der Waals surface area contributed by atoms with E-state index >= 15 is 0 Å². The predicted octanol–water partition coefficient (Wildman–Crippen LogP) is 5.92. The molecular formula is C16H15ClF3N. The molecule has 5 heteroatoms. The summed E-state index contributed by atoms with van der Waals surface area (Å²) in [5, 5.41) is 3.37. The molecule has 0 heterocycles. The molecule has 0 bridgehead atoms. The van der Waals surface area contributed by atoms with Crippen molar-refractivity contribution in [3.05, 3.63) is 64.7 Å². The highest BCUT2D eigenvalue weighted by molar-refractivity contribution is 6.33. The van der Waals surface area contributed by atoms with E-state index in [1.165, 1.54) is 6.07 Å². The van der Waals surface area contributed by atoms with Gasteiger partial charge in [0.2, 0.25) is 0 Å². The van der Waals surface area contributed by atoms with Crippen LogP contribution in [-0.4, -0.2) is 0 Å². The van der Waals surface area contributed by atoms with Crippen molar-refractivity contribution in [3.8, 4) is 0 Å². The molecule has 0 fully saturated rings. The smallest absolute Gasteiger partial charge is 0.377 e. The first-order chi connectivity index (χ1) is 9.91. The summed E-state index contributed by atoms with van der Waals surface area (Å²) in [5.74, 6) is 0. The number of hydrogen-bond donors (Lipinski definition) is 1. The standard InChI is InChI=1S/C16H15ClF3N/c1-2-14(11-6-4-3-5-7-11)21-15-10-12(16(18,19)20)8-9-13(15)17/h3-10,14,21H,2H2,1H3. The molecule has 2 aromatic carbocycles. The maximum absolute atomic E-state index is 12.8. The van der Waals surface area contributed by atoms with Crippen molar-refractivity contribution < 1.29 is 13.2 Å². The first-order valence-electron chi connectivity index (χ1n) is 6.60. The second-order valence-electron chi connectivity index (χ2n) is 4.71. The van der Waals surface area contributed by atoms with Crippen LogP contribution in [0.1, 0.15) is 30.5 Å². The van der Waals surface area contributed by atoms with E-state index in [1.807, 2.05) is 37.3 Å². The molecule has 112 valence electrons. The van der Waals surface area contributed by atoms with Crippen LogP contribution in [0.15, 0.2) is 48.5 Å². The van der Waals surface area contributed by atoms with Crippen molar-refractivity contribution in [3.63, 3.8) is 0 Å². The van der Waals surface area contributed by atoms with E-state index in [9.17, 15) is 13.2 Å². The van der Waals surface area contributed by atoms with E-state index in [-0.39, 0.29) is 11.1 Å². The Kier molecular flexibility index (Phi) is 4.78. The molecule has 2 aromatic rings. The van der Waals surface area contributed by atoms with E-state index in [0.717, 1.165) is 24.1 Å². The number of rotatable bonds is 4. The van der Waals surface area contributed by atoms with Crippen LogP contribution in [0.5, 0.6) is 0 Å². The lowest BCUT2D eigenvalue weighted by Gasteiger charge is -2.20. The molecule has 0 spiro atoms. The molecule has 1 nitrogen and oxygen atoms in total. The highest BCUT2D eigenvalue weighted by Crippen LogP contribution is 2.35. The number of halogens is 4. The van der Waals surface area contributed by atoms with Crippen LogP contribution < -0.4 is 5.32 Å². The van der Waals surface area contributed by atoms with Crippen molar-refractivity contribution in [1.29, 1.82) is 0 Å². The third-order valence-electron chi connectivity index (χ3n) is 3.23. The first-order valence-corrected chi connectivity index (χ1v) is 6.98. The summed E-state index contributed by atoms with van der Waals surface area (Å²) < 4.78 is 38.3. The van der Waals surface area contributed by atoms with E-state index in [2.05, 4.69) is 5.32 Å². The van der Waals surface area contributed by atoms with Crippen molar-refractivity contribution in [1.82, 2.24) is 0 Å². The molecule has 0 aliphatic carbocycles. The Balaban J connectivity index is 2.29. The monoisotopic (exact) mass is 313 g/mol. The van der Waals surface area contributed by atoms with Crippen molar-refractivity contribution in [2.24, 2.45) is 0 Å². The Labute approximate surface area is 126 Å². The van der Waals surface area contributed by atoms with Gasteiger partial charge in [-0.05, 0) is 30.2 Å². The van der Waals surface area contributed by atoms with Crippen LogP contribution in [-0.2, 0) is 6.18 Å². The molecule has 1 N–H and O–H groups in total. The lowest BCUT2D eigenvalue weighted by molar-refractivity contribution is -0.137. The van der Waals surface area contributed by atoms with Gasteiger partial charge in [0, 0.05) is 0 Å². The Morgan fingerprint density at radius 2 is 1.76 bits per heavy atom. The van der Waals surface area contributed by atoms with Gasteiger partial charge in [-0.2, -0.15) is 13.2 Å². The van der Waals surface area contributed by atoms with Gasteiger partial charge in [-0.1, -0.05) is 48.9 Å². The van der Waals surface area contributed by atoms with Crippen LogP contribution in [0.4, 0.5) is 18.9 Å². The van der Waals surface area contributed by atoms with E-state index in [1.54, 1.807) is 0 Å². The molecule has 0 saturated carbocycles. The van der Waals surface area contributed by atoms with Gasteiger partial charge in [0.05, 0.1) is 22.3 Å². The number of hydrogen-bond acceptors (Lipinski definition) is 1. The van der Waals surface area contributed by atoms with Crippen LogP contribution in [0.2, 0.25) is 5.02 Å². The topological polar surface area (TPSA) is 12.0 Å². The molecule has 0 aliphatic rings. The highest BCUT2D eigenvalue weighted by Gasteiger charge is 2.31. The number of alkyl halides is 3. The zero-order valence-electron chi connectivity index (χ0n) is 11.4. The Morgan fingerprint density at radius 1 is 1.10 bits per heavy atom. The van der Waals surface area contributed by atoms with Gasteiger partial charge in [-0.3, -0.25) is 0 Å². The average molecular weight is 314 g/mol. The van der Waals surface area contributed by atoms with Gasteiger partial charge in [-0.15, -0.1) is 0 Å². The minimum Gasteiger partial charge on any atom is -0.377 e. The second-order valence-corrected chi connectivity index (χ2v) is 5.12. The Morgan fingerprint density at radius 3 is 2.33 bits per heavy atom. The van der Waals surface area contributed by atoms with Crippen molar-refractivity contribution in [2.75, 3.05) is 5.32 Å². The van der Waals surface area contributed by atoms with Gasteiger partial charge < -0.3 is 5.32 Å². The van der Waals surface area contributed by atoms with Crippen LogP contribution in [0.3, 0.4) is 0 Å². The molecule has 0 aromatic heterocycles. The number of benzene rings is 2. The first kappa shape index (κ1) is 15.7. The summed E-state index contributed by atoms with van der Waals surface area (Å²) in [5.41, 5.74) is 0.591. The fourth-order valence-electron chi connectivity index (χ4n) is 2.11. The molecule has 0 amide bonds. The highest BCUT2D eigenvalue weighted by atomic mass is 35.5. The van der Waals surface area contributed by atoms with Crippen LogP contribution >= 0.6 is 11.6 Å². The lowest BCUT2D eigenvalue weighted by atomic mass is 10.0. The summed E-state index contributed by atoms with van der Waals surface area (Å²) in [7, 11) is 0. The molecule has 0 saturated heterocycles. The number of nitrogens with one attached hydrogen (secondary N) is 1. The number of anilines is 1. The third kappa shape index (κ3) is 3.91. The second kappa shape index (κ2) is 6.39. The molecule has 2 rings (SSSR count). The zero-order valence-corrected chi connectivity index (χ0v) is 12.2. The fraction of sp³-hybridized carbons (Fsp3) is 0.250. The minimum absolute atomic E-state index is 0.0906. The molecular weight excluding hydrogens is 299 g/mol. The summed E-state index contributed by atoms with van der Waals surface area (Å²) in [4.78, 5) is 0. The third-order valence-corrected chi connectivity index (χ3v) is 3.56. The normalized spacial score (nSPS) is 13.0. The summed E-state index contributed by atoms with van der Waals surface area (Å²) in [6, 6.07) is 12.8. The van der Waals surface area contributed by atoms with Crippen molar-refractivity contribution in [2.45, 2.75) is 25.6 Å². The Hall–Kier alpha value is -1.68. The van der Waals surface area contributed by atoms with Gasteiger partial charge in [0.25, 0.3) is 0 Å². The van der Waals surface area contributed by atoms with Crippen LogP contribution in [0, 0.1) is 0 Å². The molecule has 1 unspecified atom stereocenters. The van der Waals surface area contributed by atoms with E-state index in [0.29, 0.717) is 5.69 Å². The van der Waals surface area contributed by atoms with Crippen molar-refractivity contribution >= 4 is 17.3 Å². The maximum atomic E-state index is 12.8. The SMILES string of the molecule is CCC(Nc1cc(C(F)(F)F)ccc1Cl)c1ccccc1.